The van der Waals surface area contributed by atoms with Gasteiger partial charge in [0.25, 0.3) is 0 Å². The normalized spacial score (nSPS) is 19.8. The number of para-hydroxylation sites is 2. The molecule has 0 saturated heterocycles. The number of hydrogen-bond acceptors (Lipinski definition) is 6. The first-order valence-electron chi connectivity index (χ1n) is 7.62. The summed E-state index contributed by atoms with van der Waals surface area (Å²) >= 11 is 3.67. The van der Waals surface area contributed by atoms with Gasteiger partial charge in [-0.1, -0.05) is 12.1 Å². The minimum atomic E-state index is 0.679. The summed E-state index contributed by atoms with van der Waals surface area (Å²) in [6, 6.07) is 7.87. The summed E-state index contributed by atoms with van der Waals surface area (Å²) < 4.78 is 22.7. The predicted molar refractivity (Wildman–Crippen MR) is 93.7 cm³/mol. The van der Waals surface area contributed by atoms with Crippen molar-refractivity contribution in [3.63, 3.8) is 0 Å². The second kappa shape index (κ2) is 11.9. The van der Waals surface area contributed by atoms with Crippen LogP contribution in [0.2, 0.25) is 0 Å². The second-order valence-corrected chi connectivity index (χ2v) is 7.04. The van der Waals surface area contributed by atoms with Crippen LogP contribution in [0.3, 0.4) is 0 Å². The summed E-state index contributed by atoms with van der Waals surface area (Å²) in [5.74, 6) is 5.52. The summed E-state index contributed by atoms with van der Waals surface area (Å²) in [5.41, 5.74) is 0. The zero-order valence-electron chi connectivity index (χ0n) is 12.8. The van der Waals surface area contributed by atoms with Crippen molar-refractivity contribution < 1.29 is 18.9 Å². The molecule has 124 valence electrons. The first kappa shape index (κ1) is 17.8. The molecule has 1 aromatic rings. The van der Waals surface area contributed by atoms with Crippen molar-refractivity contribution in [2.24, 2.45) is 0 Å². The van der Waals surface area contributed by atoms with Crippen LogP contribution in [0.25, 0.3) is 0 Å². The van der Waals surface area contributed by atoms with Gasteiger partial charge in [0, 0.05) is 23.0 Å². The zero-order valence-corrected chi connectivity index (χ0v) is 14.5. The SMILES string of the molecule is c1ccc2c(c1)OCCSCCOCCOCCSCCO2. The maximum absolute atomic E-state index is 5.82. The predicted octanol–water partition coefficient (Wildman–Crippen LogP) is 2.96. The Balaban J connectivity index is 1.79. The Morgan fingerprint density at radius 3 is 1.55 bits per heavy atom. The number of rotatable bonds is 0. The van der Waals surface area contributed by atoms with E-state index in [1.54, 1.807) is 0 Å². The molecule has 0 aliphatic carbocycles. The summed E-state index contributed by atoms with van der Waals surface area (Å²) in [6.45, 7) is 4.26. The van der Waals surface area contributed by atoms with Crippen molar-refractivity contribution in [2.75, 3.05) is 62.7 Å². The van der Waals surface area contributed by atoms with Crippen molar-refractivity contribution >= 4 is 23.5 Å². The molecule has 0 fully saturated rings. The van der Waals surface area contributed by atoms with E-state index >= 15 is 0 Å². The third-order valence-electron chi connectivity index (χ3n) is 2.94. The topological polar surface area (TPSA) is 36.9 Å². The van der Waals surface area contributed by atoms with Crippen LogP contribution in [0.5, 0.6) is 11.5 Å². The number of hydrogen-bond donors (Lipinski definition) is 0. The fraction of sp³-hybridized carbons (Fsp3) is 0.625. The van der Waals surface area contributed by atoms with E-state index in [2.05, 4.69) is 0 Å². The van der Waals surface area contributed by atoms with E-state index in [1.165, 1.54) is 0 Å². The summed E-state index contributed by atoms with van der Waals surface area (Å²) in [7, 11) is 0. The number of benzene rings is 1. The molecule has 6 heteroatoms. The Hall–Kier alpha value is -0.560. The molecule has 0 spiro atoms. The minimum Gasteiger partial charge on any atom is -0.489 e. The fourth-order valence-corrected chi connectivity index (χ4v) is 3.15. The van der Waals surface area contributed by atoms with Crippen LogP contribution in [0.4, 0.5) is 0 Å². The Bertz CT molecular complexity index is 366. The lowest BCUT2D eigenvalue weighted by atomic mass is 10.3. The standard InChI is InChI=1S/C16H24O4S2/c1-2-4-16-15(3-1)19-9-13-21-11-7-17-5-6-18-8-12-22-14-10-20-16/h1-4H,5-14H2. The molecule has 1 aliphatic heterocycles. The van der Waals surface area contributed by atoms with Crippen molar-refractivity contribution in [3.8, 4) is 11.5 Å². The molecular weight excluding hydrogens is 320 g/mol. The van der Waals surface area contributed by atoms with Crippen molar-refractivity contribution in [2.45, 2.75) is 0 Å². The lowest BCUT2D eigenvalue weighted by Gasteiger charge is -2.13. The van der Waals surface area contributed by atoms with Gasteiger partial charge in [-0.25, -0.2) is 0 Å². The molecule has 1 heterocycles. The monoisotopic (exact) mass is 344 g/mol. The van der Waals surface area contributed by atoms with E-state index in [-0.39, 0.29) is 0 Å². The van der Waals surface area contributed by atoms with E-state index in [0.717, 1.165) is 47.7 Å². The van der Waals surface area contributed by atoms with Crippen LogP contribution in [-0.4, -0.2) is 62.7 Å². The first-order chi connectivity index (χ1) is 11.0. The van der Waals surface area contributed by atoms with Gasteiger partial charge in [-0.2, -0.15) is 23.5 Å². The highest BCUT2D eigenvalue weighted by atomic mass is 32.2. The number of ether oxygens (including phenoxy) is 4. The van der Waals surface area contributed by atoms with Crippen LogP contribution in [0.15, 0.2) is 24.3 Å². The lowest BCUT2D eigenvalue weighted by Crippen LogP contribution is -2.10. The molecule has 4 nitrogen and oxygen atoms in total. The van der Waals surface area contributed by atoms with Gasteiger partial charge < -0.3 is 18.9 Å². The van der Waals surface area contributed by atoms with Crippen LogP contribution in [-0.2, 0) is 9.47 Å². The van der Waals surface area contributed by atoms with E-state index in [0.29, 0.717) is 26.4 Å². The highest BCUT2D eigenvalue weighted by Gasteiger charge is 2.04. The Labute approximate surface area is 141 Å². The number of thioether (sulfide) groups is 2. The highest BCUT2D eigenvalue weighted by molar-refractivity contribution is 7.99. The third-order valence-corrected chi connectivity index (χ3v) is 4.76. The molecule has 0 N–H and O–H groups in total. The molecule has 0 amide bonds. The van der Waals surface area contributed by atoms with Crippen LogP contribution >= 0.6 is 23.5 Å². The molecule has 1 aliphatic rings. The zero-order chi connectivity index (χ0) is 15.3. The van der Waals surface area contributed by atoms with Crippen LogP contribution < -0.4 is 9.47 Å². The van der Waals surface area contributed by atoms with Crippen molar-refractivity contribution in [3.05, 3.63) is 24.3 Å². The first-order valence-corrected chi connectivity index (χ1v) is 9.93. The average molecular weight is 344 g/mol. The maximum atomic E-state index is 5.82. The van der Waals surface area contributed by atoms with Gasteiger partial charge in [-0.15, -0.1) is 0 Å². The maximum Gasteiger partial charge on any atom is 0.161 e. The molecule has 0 aromatic heterocycles. The Morgan fingerprint density at radius 1 is 0.591 bits per heavy atom. The van der Waals surface area contributed by atoms with Crippen LogP contribution in [0.1, 0.15) is 0 Å². The Morgan fingerprint density at radius 2 is 1.05 bits per heavy atom. The minimum absolute atomic E-state index is 0.679. The third kappa shape index (κ3) is 7.63. The smallest absolute Gasteiger partial charge is 0.161 e. The van der Waals surface area contributed by atoms with E-state index < -0.39 is 0 Å². The van der Waals surface area contributed by atoms with Gasteiger partial charge >= 0.3 is 0 Å². The van der Waals surface area contributed by atoms with Crippen LogP contribution in [0, 0.1) is 0 Å². The van der Waals surface area contributed by atoms with E-state index in [9.17, 15) is 0 Å². The largest absolute Gasteiger partial charge is 0.489 e. The van der Waals surface area contributed by atoms with Gasteiger partial charge in [0.1, 0.15) is 0 Å². The average Bonchev–Trinajstić information content (AvgIpc) is 2.55. The highest BCUT2D eigenvalue weighted by Crippen LogP contribution is 2.26. The van der Waals surface area contributed by atoms with E-state index in [1.807, 2.05) is 47.8 Å². The summed E-state index contributed by atoms with van der Waals surface area (Å²) in [4.78, 5) is 0. The summed E-state index contributed by atoms with van der Waals surface area (Å²) in [5, 5.41) is 0. The van der Waals surface area contributed by atoms with Gasteiger partial charge in [0.05, 0.1) is 39.6 Å². The van der Waals surface area contributed by atoms with Gasteiger partial charge in [-0.3, -0.25) is 0 Å². The second-order valence-electron chi connectivity index (χ2n) is 4.59. The molecule has 2 rings (SSSR count). The molecule has 22 heavy (non-hydrogen) atoms. The molecule has 0 atom stereocenters. The molecule has 0 saturated carbocycles. The van der Waals surface area contributed by atoms with E-state index in [4.69, 9.17) is 18.9 Å². The molecule has 0 bridgehead atoms. The number of fused-ring (bicyclic) bond motifs is 1. The van der Waals surface area contributed by atoms with Gasteiger partial charge in [0.2, 0.25) is 0 Å². The fourth-order valence-electron chi connectivity index (χ4n) is 1.87. The Kier molecular flexibility index (Phi) is 9.65. The molecule has 1 aromatic carbocycles. The van der Waals surface area contributed by atoms with Crippen molar-refractivity contribution in [1.82, 2.24) is 0 Å². The molecule has 0 unspecified atom stereocenters. The van der Waals surface area contributed by atoms with Gasteiger partial charge in [0.15, 0.2) is 11.5 Å². The quantitative estimate of drug-likeness (QED) is 0.720. The lowest BCUT2D eigenvalue weighted by molar-refractivity contribution is 0.0605. The molecular formula is C16H24O4S2. The van der Waals surface area contributed by atoms with Gasteiger partial charge in [-0.05, 0) is 12.1 Å². The molecule has 0 radical (unpaired) electrons. The summed E-state index contributed by atoms with van der Waals surface area (Å²) in [6.07, 6.45) is 0. The van der Waals surface area contributed by atoms with Crippen molar-refractivity contribution in [1.29, 1.82) is 0 Å².